The van der Waals surface area contributed by atoms with E-state index in [1.54, 1.807) is 12.1 Å². The Bertz CT molecular complexity index is 1040. The first-order valence-corrected chi connectivity index (χ1v) is 10.1. The van der Waals surface area contributed by atoms with Gasteiger partial charge in [-0.3, -0.25) is 0 Å². The van der Waals surface area contributed by atoms with Gasteiger partial charge in [-0.05, 0) is 55.3 Å². The van der Waals surface area contributed by atoms with Crippen molar-refractivity contribution in [3.63, 3.8) is 0 Å². The van der Waals surface area contributed by atoms with Gasteiger partial charge in [-0.2, -0.15) is 0 Å². The number of nitrogens with one attached hydrogen (secondary N) is 2. The van der Waals surface area contributed by atoms with Crippen molar-refractivity contribution in [1.82, 2.24) is 5.32 Å². The van der Waals surface area contributed by atoms with E-state index in [2.05, 4.69) is 15.4 Å². The number of rotatable bonds is 4. The molecule has 32 heavy (non-hydrogen) atoms. The van der Waals surface area contributed by atoms with E-state index in [4.69, 9.17) is 21.1 Å². The summed E-state index contributed by atoms with van der Waals surface area (Å²) in [5.41, 5.74) is 2.44. The Balaban J connectivity index is 1.64. The third kappa shape index (κ3) is 4.33. The summed E-state index contributed by atoms with van der Waals surface area (Å²) in [6, 6.07) is 8.38. The Labute approximate surface area is 185 Å². The normalized spacial score (nSPS) is 18.4. The van der Waals surface area contributed by atoms with Crippen LogP contribution in [0.2, 0.25) is 5.02 Å². The molecule has 1 fully saturated rings. The second kappa shape index (κ2) is 8.18. The van der Waals surface area contributed by atoms with Crippen LogP contribution in [-0.4, -0.2) is 31.4 Å². The number of esters is 2. The van der Waals surface area contributed by atoms with E-state index >= 15 is 0 Å². The van der Waals surface area contributed by atoms with Gasteiger partial charge in [0.05, 0.1) is 17.3 Å². The molecule has 1 unspecified atom stereocenters. The minimum Gasteiger partial charge on any atom is -0.408 e. The molecule has 0 aromatic heterocycles. The number of hydrogen-bond donors (Lipinski definition) is 2. The molecule has 0 amide bonds. The number of hydrogen-bond acceptors (Lipinski definition) is 7. The van der Waals surface area contributed by atoms with Crippen molar-refractivity contribution < 1.29 is 37.0 Å². The van der Waals surface area contributed by atoms with Gasteiger partial charge < -0.3 is 24.8 Å². The molecule has 2 aromatic rings. The zero-order valence-electron chi connectivity index (χ0n) is 16.7. The van der Waals surface area contributed by atoms with Gasteiger partial charge >= 0.3 is 18.3 Å². The minimum atomic E-state index is -4.77. The summed E-state index contributed by atoms with van der Waals surface area (Å²) in [6.45, 7) is 2.42. The Morgan fingerprint density at radius 2 is 1.78 bits per heavy atom. The highest BCUT2D eigenvalue weighted by Gasteiger charge is 2.52. The number of benzene rings is 2. The zero-order chi connectivity index (χ0) is 23.1. The van der Waals surface area contributed by atoms with Crippen molar-refractivity contribution in [2.24, 2.45) is 0 Å². The van der Waals surface area contributed by atoms with E-state index in [0.717, 1.165) is 0 Å². The molecule has 2 N–H and O–H groups in total. The monoisotopic (exact) mass is 470 g/mol. The van der Waals surface area contributed by atoms with Crippen molar-refractivity contribution in [2.75, 3.05) is 18.4 Å². The Hall–Kier alpha value is -2.98. The molecule has 7 nitrogen and oxygen atoms in total. The fourth-order valence-corrected chi connectivity index (χ4v) is 4.03. The van der Waals surface area contributed by atoms with E-state index in [-0.39, 0.29) is 18.3 Å². The summed E-state index contributed by atoms with van der Waals surface area (Å²) in [4.78, 5) is 23.5. The third-order valence-electron chi connectivity index (χ3n) is 5.24. The van der Waals surface area contributed by atoms with Crippen LogP contribution in [0.5, 0.6) is 5.75 Å². The molecule has 2 heterocycles. The van der Waals surface area contributed by atoms with Crippen LogP contribution < -0.4 is 15.4 Å². The number of halogens is 4. The molecular formula is C21H18ClF3N2O5. The molecule has 2 aliphatic rings. The predicted octanol–water partition coefficient (Wildman–Crippen LogP) is 3.81. The lowest BCUT2D eigenvalue weighted by atomic mass is 9.95. The highest BCUT2D eigenvalue weighted by atomic mass is 35.5. The van der Waals surface area contributed by atoms with Crippen LogP contribution in [0.1, 0.15) is 29.7 Å². The van der Waals surface area contributed by atoms with Crippen LogP contribution in [0, 0.1) is 0 Å². The molecule has 11 heteroatoms. The SMILES string of the molecule is CC(Nc1c(Cl)ccc2c1CCNCC21OC(=O)C(=O)O1)c1ccc(OC(F)(F)F)cc1. The van der Waals surface area contributed by atoms with E-state index in [1.807, 2.05) is 6.92 Å². The summed E-state index contributed by atoms with van der Waals surface area (Å²) < 4.78 is 51.6. The summed E-state index contributed by atoms with van der Waals surface area (Å²) in [5, 5.41) is 6.76. The number of alkyl halides is 3. The molecule has 0 bridgehead atoms. The lowest BCUT2D eigenvalue weighted by molar-refractivity contribution is -0.274. The number of carbonyl (C=O) groups excluding carboxylic acids is 2. The molecule has 2 aliphatic heterocycles. The molecule has 0 aliphatic carbocycles. The summed E-state index contributed by atoms with van der Waals surface area (Å²) >= 11 is 6.45. The molecule has 1 saturated heterocycles. The van der Waals surface area contributed by atoms with Crippen LogP contribution in [-0.2, 0) is 31.3 Å². The Kier molecular flexibility index (Phi) is 5.68. The zero-order valence-corrected chi connectivity index (χ0v) is 17.5. The molecule has 1 atom stereocenters. The van der Waals surface area contributed by atoms with Crippen LogP contribution in [0.15, 0.2) is 36.4 Å². The van der Waals surface area contributed by atoms with Gasteiger partial charge in [-0.25, -0.2) is 9.59 Å². The van der Waals surface area contributed by atoms with Crippen LogP contribution in [0.4, 0.5) is 18.9 Å². The fraction of sp³-hybridized carbons (Fsp3) is 0.333. The van der Waals surface area contributed by atoms with E-state index in [9.17, 15) is 22.8 Å². The Morgan fingerprint density at radius 3 is 2.41 bits per heavy atom. The minimum absolute atomic E-state index is 0.0920. The number of carbonyl (C=O) groups is 2. The van der Waals surface area contributed by atoms with Crippen molar-refractivity contribution in [2.45, 2.75) is 31.5 Å². The molecule has 170 valence electrons. The molecule has 4 rings (SSSR count). The van der Waals surface area contributed by atoms with Crippen molar-refractivity contribution in [3.8, 4) is 5.75 Å². The average molecular weight is 471 g/mol. The molecule has 1 spiro atoms. The van der Waals surface area contributed by atoms with Gasteiger partial charge in [0.15, 0.2) is 0 Å². The van der Waals surface area contributed by atoms with Crippen molar-refractivity contribution in [1.29, 1.82) is 0 Å². The van der Waals surface area contributed by atoms with Crippen LogP contribution in [0.25, 0.3) is 0 Å². The highest BCUT2D eigenvalue weighted by molar-refractivity contribution is 6.33. The highest BCUT2D eigenvalue weighted by Crippen LogP contribution is 2.42. The maximum Gasteiger partial charge on any atom is 0.573 e. The lowest BCUT2D eigenvalue weighted by Gasteiger charge is -2.28. The van der Waals surface area contributed by atoms with Crippen molar-refractivity contribution >= 4 is 29.2 Å². The van der Waals surface area contributed by atoms with Crippen LogP contribution in [0.3, 0.4) is 0 Å². The van der Waals surface area contributed by atoms with Gasteiger partial charge in [0, 0.05) is 11.6 Å². The predicted molar refractivity (Wildman–Crippen MR) is 107 cm³/mol. The molecule has 0 radical (unpaired) electrons. The summed E-state index contributed by atoms with van der Waals surface area (Å²) in [7, 11) is 0. The number of fused-ring (bicyclic) bond motifs is 2. The summed E-state index contributed by atoms with van der Waals surface area (Å²) in [6.07, 6.45) is -4.27. The third-order valence-corrected chi connectivity index (χ3v) is 5.55. The molecule has 0 saturated carbocycles. The summed E-state index contributed by atoms with van der Waals surface area (Å²) in [5.74, 6) is -4.05. The van der Waals surface area contributed by atoms with Crippen LogP contribution >= 0.6 is 11.6 Å². The second-order valence-electron chi connectivity index (χ2n) is 7.39. The quantitative estimate of drug-likeness (QED) is 0.519. The second-order valence-corrected chi connectivity index (χ2v) is 7.80. The van der Waals surface area contributed by atoms with E-state index < -0.39 is 24.1 Å². The van der Waals surface area contributed by atoms with Gasteiger partial charge in [0.1, 0.15) is 5.75 Å². The first-order chi connectivity index (χ1) is 15.1. The standard InChI is InChI=1S/C21H18ClF3N2O5/c1-11(12-2-4-13(5-3-12)30-21(23,24)25)27-17-14-8-9-26-10-20(15(14)6-7-16(17)22)31-18(28)19(29)32-20/h2-7,11,26-27H,8-10H2,1H3. The largest absolute Gasteiger partial charge is 0.573 e. The smallest absolute Gasteiger partial charge is 0.408 e. The average Bonchev–Trinajstić information content (AvgIpc) is 2.89. The van der Waals surface area contributed by atoms with E-state index in [0.29, 0.717) is 40.4 Å². The lowest BCUT2D eigenvalue weighted by Crippen LogP contribution is -2.38. The molecule has 2 aromatic carbocycles. The maximum absolute atomic E-state index is 12.4. The van der Waals surface area contributed by atoms with Crippen molar-refractivity contribution in [3.05, 3.63) is 58.1 Å². The first-order valence-electron chi connectivity index (χ1n) is 9.69. The Morgan fingerprint density at radius 1 is 1.12 bits per heavy atom. The van der Waals surface area contributed by atoms with Gasteiger partial charge in [0.25, 0.3) is 5.79 Å². The fourth-order valence-electron chi connectivity index (χ4n) is 3.80. The van der Waals surface area contributed by atoms with Gasteiger partial charge in [-0.15, -0.1) is 13.2 Å². The van der Waals surface area contributed by atoms with E-state index in [1.165, 1.54) is 24.3 Å². The number of anilines is 1. The van der Waals surface area contributed by atoms with Gasteiger partial charge in [-0.1, -0.05) is 23.7 Å². The first kappa shape index (κ1) is 22.2. The number of ether oxygens (including phenoxy) is 3. The molecular weight excluding hydrogens is 453 g/mol. The van der Waals surface area contributed by atoms with Gasteiger partial charge in [0.2, 0.25) is 0 Å². The topological polar surface area (TPSA) is 85.9 Å². The maximum atomic E-state index is 12.4.